The van der Waals surface area contributed by atoms with Gasteiger partial charge in [-0.1, -0.05) is 6.08 Å². The SMILES string of the molecule is Cc1nc(/C=C\CN)c(C)s1. The van der Waals surface area contributed by atoms with E-state index in [0.717, 1.165) is 10.7 Å². The molecule has 0 saturated carbocycles. The normalized spacial score (nSPS) is 11.2. The molecule has 2 nitrogen and oxygen atoms in total. The molecule has 3 heteroatoms. The van der Waals surface area contributed by atoms with Crippen LogP contribution in [0.4, 0.5) is 0 Å². The van der Waals surface area contributed by atoms with Crippen LogP contribution in [-0.4, -0.2) is 11.5 Å². The van der Waals surface area contributed by atoms with E-state index in [9.17, 15) is 0 Å². The largest absolute Gasteiger partial charge is 0.327 e. The molecule has 1 aromatic rings. The summed E-state index contributed by atoms with van der Waals surface area (Å²) in [7, 11) is 0. The summed E-state index contributed by atoms with van der Waals surface area (Å²) in [6, 6.07) is 0. The third-order valence-electron chi connectivity index (χ3n) is 1.35. The highest BCUT2D eigenvalue weighted by atomic mass is 32.1. The first-order valence-electron chi connectivity index (χ1n) is 3.54. The topological polar surface area (TPSA) is 38.9 Å². The average molecular weight is 168 g/mol. The Balaban J connectivity index is 2.85. The lowest BCUT2D eigenvalue weighted by molar-refractivity contribution is 1.23. The van der Waals surface area contributed by atoms with Gasteiger partial charge in [0.2, 0.25) is 0 Å². The number of nitrogens with two attached hydrogens (primary N) is 1. The molecule has 0 fully saturated rings. The number of nitrogens with zero attached hydrogens (tertiary/aromatic N) is 1. The number of hydrogen-bond donors (Lipinski definition) is 1. The van der Waals surface area contributed by atoms with Crippen LogP contribution in [0.25, 0.3) is 6.08 Å². The Bertz CT molecular complexity index is 263. The highest BCUT2D eigenvalue weighted by molar-refractivity contribution is 7.11. The third kappa shape index (κ3) is 2.13. The maximum atomic E-state index is 5.32. The molecule has 11 heavy (non-hydrogen) atoms. The molecule has 0 aromatic carbocycles. The third-order valence-corrected chi connectivity index (χ3v) is 2.25. The number of thiazole rings is 1. The van der Waals surface area contributed by atoms with Crippen molar-refractivity contribution in [2.24, 2.45) is 5.73 Å². The van der Waals surface area contributed by atoms with Crippen molar-refractivity contribution in [3.8, 4) is 0 Å². The van der Waals surface area contributed by atoms with Gasteiger partial charge in [0.05, 0.1) is 10.7 Å². The van der Waals surface area contributed by atoms with Gasteiger partial charge >= 0.3 is 0 Å². The lowest BCUT2D eigenvalue weighted by Crippen LogP contribution is -1.92. The lowest BCUT2D eigenvalue weighted by Gasteiger charge is -1.85. The van der Waals surface area contributed by atoms with Gasteiger partial charge in [-0.25, -0.2) is 4.98 Å². The van der Waals surface area contributed by atoms with Crippen LogP contribution in [0.15, 0.2) is 6.08 Å². The summed E-state index contributed by atoms with van der Waals surface area (Å²) in [5.74, 6) is 0. The molecule has 0 spiro atoms. The minimum Gasteiger partial charge on any atom is -0.327 e. The number of aryl methyl sites for hydroxylation is 2. The molecule has 1 heterocycles. The Morgan fingerprint density at radius 1 is 1.55 bits per heavy atom. The maximum absolute atomic E-state index is 5.32. The molecule has 0 radical (unpaired) electrons. The molecule has 2 N–H and O–H groups in total. The summed E-state index contributed by atoms with van der Waals surface area (Å²) in [5, 5.41) is 1.11. The van der Waals surface area contributed by atoms with Crippen molar-refractivity contribution in [2.45, 2.75) is 13.8 Å². The van der Waals surface area contributed by atoms with Crippen LogP contribution in [0, 0.1) is 13.8 Å². The zero-order valence-corrected chi connectivity index (χ0v) is 7.61. The molecule has 0 unspecified atom stereocenters. The van der Waals surface area contributed by atoms with E-state index in [-0.39, 0.29) is 0 Å². The van der Waals surface area contributed by atoms with E-state index >= 15 is 0 Å². The van der Waals surface area contributed by atoms with Crippen LogP contribution in [0.5, 0.6) is 0 Å². The predicted octanol–water partition coefficient (Wildman–Crippen LogP) is 1.73. The van der Waals surface area contributed by atoms with Crippen molar-refractivity contribution in [3.05, 3.63) is 21.7 Å². The zero-order valence-electron chi connectivity index (χ0n) is 6.79. The minimum absolute atomic E-state index is 0.579. The van der Waals surface area contributed by atoms with Crippen molar-refractivity contribution in [2.75, 3.05) is 6.54 Å². The van der Waals surface area contributed by atoms with E-state index in [0.29, 0.717) is 6.54 Å². The monoisotopic (exact) mass is 168 g/mol. The fourth-order valence-electron chi connectivity index (χ4n) is 0.879. The summed E-state index contributed by atoms with van der Waals surface area (Å²) in [6.07, 6.45) is 3.89. The second-order valence-electron chi connectivity index (χ2n) is 2.31. The first-order valence-corrected chi connectivity index (χ1v) is 4.36. The molecule has 0 aliphatic carbocycles. The van der Waals surface area contributed by atoms with Gasteiger partial charge in [0.15, 0.2) is 0 Å². The maximum Gasteiger partial charge on any atom is 0.0904 e. The summed E-state index contributed by atoms with van der Waals surface area (Å²) >= 11 is 1.72. The van der Waals surface area contributed by atoms with E-state index in [1.807, 2.05) is 19.1 Å². The Morgan fingerprint density at radius 3 is 2.73 bits per heavy atom. The summed E-state index contributed by atoms with van der Waals surface area (Å²) < 4.78 is 0. The molecule has 0 saturated heterocycles. The Kier molecular flexibility index (Phi) is 2.79. The van der Waals surface area contributed by atoms with Crippen molar-refractivity contribution < 1.29 is 0 Å². The second-order valence-corrected chi connectivity index (χ2v) is 3.72. The number of aromatic nitrogens is 1. The molecule has 1 rings (SSSR count). The predicted molar refractivity (Wildman–Crippen MR) is 49.7 cm³/mol. The molecular formula is C8H12N2S. The van der Waals surface area contributed by atoms with Gasteiger partial charge in [-0.05, 0) is 19.9 Å². The van der Waals surface area contributed by atoms with Gasteiger partial charge in [-0.15, -0.1) is 11.3 Å². The van der Waals surface area contributed by atoms with E-state index in [4.69, 9.17) is 5.73 Å². The van der Waals surface area contributed by atoms with Crippen LogP contribution in [0.1, 0.15) is 15.6 Å². The molecule has 0 aliphatic heterocycles. The van der Waals surface area contributed by atoms with Gasteiger partial charge < -0.3 is 5.73 Å². The minimum atomic E-state index is 0.579. The quantitative estimate of drug-likeness (QED) is 0.730. The molecule has 60 valence electrons. The average Bonchev–Trinajstić information content (AvgIpc) is 2.26. The van der Waals surface area contributed by atoms with Gasteiger partial charge in [0.25, 0.3) is 0 Å². The van der Waals surface area contributed by atoms with Crippen LogP contribution < -0.4 is 5.73 Å². The number of hydrogen-bond acceptors (Lipinski definition) is 3. The smallest absolute Gasteiger partial charge is 0.0904 e. The van der Waals surface area contributed by atoms with E-state index < -0.39 is 0 Å². The molecule has 0 atom stereocenters. The fourth-order valence-corrected chi connectivity index (χ4v) is 1.68. The Labute approximate surface area is 70.8 Å². The van der Waals surface area contributed by atoms with E-state index in [1.54, 1.807) is 11.3 Å². The Morgan fingerprint density at radius 2 is 2.27 bits per heavy atom. The summed E-state index contributed by atoms with van der Waals surface area (Å²) in [4.78, 5) is 5.58. The summed E-state index contributed by atoms with van der Waals surface area (Å²) in [6.45, 7) is 4.66. The summed E-state index contributed by atoms with van der Waals surface area (Å²) in [5.41, 5.74) is 6.38. The molecule has 0 amide bonds. The lowest BCUT2D eigenvalue weighted by atomic mass is 10.3. The van der Waals surface area contributed by atoms with Crippen LogP contribution in [0.3, 0.4) is 0 Å². The van der Waals surface area contributed by atoms with Crippen LogP contribution >= 0.6 is 11.3 Å². The highest BCUT2D eigenvalue weighted by Crippen LogP contribution is 2.17. The second kappa shape index (κ2) is 3.64. The van der Waals surface area contributed by atoms with Crippen LogP contribution in [0.2, 0.25) is 0 Å². The molecule has 0 bridgehead atoms. The van der Waals surface area contributed by atoms with Crippen molar-refractivity contribution >= 4 is 17.4 Å². The van der Waals surface area contributed by atoms with Gasteiger partial charge in [-0.2, -0.15) is 0 Å². The van der Waals surface area contributed by atoms with Crippen molar-refractivity contribution in [1.82, 2.24) is 4.98 Å². The molecule has 0 aliphatic rings. The fraction of sp³-hybridized carbons (Fsp3) is 0.375. The van der Waals surface area contributed by atoms with Gasteiger partial charge in [0, 0.05) is 11.4 Å². The van der Waals surface area contributed by atoms with Gasteiger partial charge in [-0.3, -0.25) is 0 Å². The molecule has 1 aromatic heterocycles. The van der Waals surface area contributed by atoms with Crippen molar-refractivity contribution in [3.63, 3.8) is 0 Å². The first kappa shape index (κ1) is 8.43. The van der Waals surface area contributed by atoms with Crippen LogP contribution in [-0.2, 0) is 0 Å². The highest BCUT2D eigenvalue weighted by Gasteiger charge is 1.98. The first-order chi connectivity index (χ1) is 5.24. The standard InChI is InChI=1S/C8H12N2S/c1-6-8(4-3-5-9)10-7(2)11-6/h3-4H,5,9H2,1-2H3/b4-3-. The zero-order chi connectivity index (χ0) is 8.27. The number of rotatable bonds is 2. The van der Waals surface area contributed by atoms with Crippen molar-refractivity contribution in [1.29, 1.82) is 0 Å². The molecular weight excluding hydrogens is 156 g/mol. The van der Waals surface area contributed by atoms with E-state index in [1.165, 1.54) is 4.88 Å². The van der Waals surface area contributed by atoms with E-state index in [2.05, 4.69) is 11.9 Å². The van der Waals surface area contributed by atoms with Gasteiger partial charge in [0.1, 0.15) is 0 Å². The Hall–Kier alpha value is -0.670.